The monoisotopic (exact) mass is 484 g/mol. The molecule has 2 fully saturated rings. The van der Waals surface area contributed by atoms with Gasteiger partial charge in [0.25, 0.3) is 0 Å². The maximum absolute atomic E-state index is 5.44. The van der Waals surface area contributed by atoms with Crippen molar-refractivity contribution in [3.8, 4) is 0 Å². The van der Waals surface area contributed by atoms with Crippen LogP contribution < -0.4 is 0 Å². The zero-order chi connectivity index (χ0) is 25.6. The van der Waals surface area contributed by atoms with Crippen LogP contribution in [-0.2, 0) is 30.1 Å². The van der Waals surface area contributed by atoms with Crippen LogP contribution in [-0.4, -0.2) is 9.97 Å². The molecule has 0 aliphatic heterocycles. The summed E-state index contributed by atoms with van der Waals surface area (Å²) in [5.74, 6) is 2.73. The van der Waals surface area contributed by atoms with Gasteiger partial charge >= 0.3 is 0 Å². The van der Waals surface area contributed by atoms with E-state index in [-0.39, 0.29) is 10.8 Å². The van der Waals surface area contributed by atoms with Crippen molar-refractivity contribution in [3.05, 3.63) is 56.2 Å². The zero-order valence-electron chi connectivity index (χ0n) is 24.3. The Labute approximate surface area is 220 Å². The van der Waals surface area contributed by atoms with E-state index in [1.165, 1.54) is 92.5 Å². The normalized spacial score (nSPS) is 25.6. The third kappa shape index (κ3) is 3.88. The predicted octanol–water partition coefficient (Wildman–Crippen LogP) is 8.67. The van der Waals surface area contributed by atoms with Crippen molar-refractivity contribution in [2.45, 2.75) is 148 Å². The van der Waals surface area contributed by atoms with Crippen LogP contribution in [0.4, 0.5) is 0 Å². The van der Waals surface area contributed by atoms with Crippen LogP contribution >= 0.6 is 0 Å². The molecular formula is C34H48N2. The van der Waals surface area contributed by atoms with Crippen LogP contribution in [0.15, 0.2) is 0 Å². The van der Waals surface area contributed by atoms with Crippen molar-refractivity contribution >= 4 is 0 Å². The third-order valence-electron chi connectivity index (χ3n) is 10.4. The molecule has 2 saturated carbocycles. The molecular weight excluding hydrogens is 436 g/mol. The van der Waals surface area contributed by atoms with Crippen LogP contribution in [0.2, 0.25) is 0 Å². The van der Waals surface area contributed by atoms with E-state index in [2.05, 4.69) is 55.4 Å². The molecule has 0 N–H and O–H groups in total. The van der Waals surface area contributed by atoms with Gasteiger partial charge in [0.2, 0.25) is 0 Å². The van der Waals surface area contributed by atoms with E-state index in [9.17, 15) is 0 Å². The Morgan fingerprint density at radius 1 is 0.750 bits per heavy atom. The van der Waals surface area contributed by atoms with Gasteiger partial charge in [0, 0.05) is 34.6 Å². The lowest BCUT2D eigenvalue weighted by Crippen LogP contribution is -2.25. The Bertz CT molecular complexity index is 1210. The number of pyridine rings is 2. The summed E-state index contributed by atoms with van der Waals surface area (Å²) < 4.78 is 0. The molecule has 4 aliphatic carbocycles. The fraction of sp³-hybridized carbons (Fsp3) is 0.706. The topological polar surface area (TPSA) is 25.8 Å². The Kier molecular flexibility index (Phi) is 5.75. The molecule has 2 aromatic heterocycles. The van der Waals surface area contributed by atoms with Gasteiger partial charge in [0.1, 0.15) is 0 Å². The van der Waals surface area contributed by atoms with Gasteiger partial charge in [0.05, 0.1) is 0 Å². The Balaban J connectivity index is 1.32. The van der Waals surface area contributed by atoms with E-state index in [0.717, 1.165) is 11.8 Å². The molecule has 2 heteroatoms. The first-order chi connectivity index (χ1) is 17.0. The summed E-state index contributed by atoms with van der Waals surface area (Å²) in [6.45, 7) is 19.5. The Hall–Kier alpha value is -1.70. The number of fused-ring (bicyclic) bond motifs is 2. The maximum Gasteiger partial charge on any atom is 0.0473 e. The van der Waals surface area contributed by atoms with Gasteiger partial charge in [-0.2, -0.15) is 0 Å². The molecule has 0 spiro atoms. The summed E-state index contributed by atoms with van der Waals surface area (Å²) in [7, 11) is 0. The van der Waals surface area contributed by atoms with Crippen molar-refractivity contribution < 1.29 is 0 Å². The second-order valence-corrected chi connectivity index (χ2v) is 14.6. The largest absolute Gasteiger partial charge is 0.257 e. The molecule has 0 radical (unpaired) electrons. The Morgan fingerprint density at radius 3 is 2.14 bits per heavy atom. The summed E-state index contributed by atoms with van der Waals surface area (Å²) in [5, 5.41) is 0. The van der Waals surface area contributed by atoms with Crippen molar-refractivity contribution in [1.29, 1.82) is 0 Å². The second-order valence-electron chi connectivity index (χ2n) is 14.6. The summed E-state index contributed by atoms with van der Waals surface area (Å²) in [6, 6.07) is 0. The first-order valence-electron chi connectivity index (χ1n) is 15.0. The smallest absolute Gasteiger partial charge is 0.0473 e. The van der Waals surface area contributed by atoms with Gasteiger partial charge < -0.3 is 0 Å². The quantitative estimate of drug-likeness (QED) is 0.424. The number of aromatic nitrogens is 2. The number of rotatable bonds is 5. The lowest BCUT2D eigenvalue weighted by atomic mass is 9.72. The van der Waals surface area contributed by atoms with E-state index in [1.807, 2.05) is 0 Å². The van der Waals surface area contributed by atoms with Crippen molar-refractivity contribution in [2.75, 3.05) is 0 Å². The highest BCUT2D eigenvalue weighted by atomic mass is 14.8. The molecule has 6 rings (SSSR count). The van der Waals surface area contributed by atoms with Gasteiger partial charge in [-0.1, -0.05) is 48.0 Å². The first-order valence-corrected chi connectivity index (χ1v) is 15.0. The van der Waals surface area contributed by atoms with Crippen LogP contribution in [0, 0.1) is 19.8 Å². The molecule has 0 bridgehead atoms. The zero-order valence-corrected chi connectivity index (χ0v) is 24.3. The predicted molar refractivity (Wildman–Crippen MR) is 150 cm³/mol. The molecule has 2 nitrogen and oxygen atoms in total. The molecule has 36 heavy (non-hydrogen) atoms. The minimum Gasteiger partial charge on any atom is -0.257 e. The summed E-state index contributed by atoms with van der Waals surface area (Å²) >= 11 is 0. The SMILES string of the molecule is Cc1c(C2CC2CC(C)(C)c2c(C)c(C3CCC3)nc3c2CCC3)nc2c(c1C(C)(C)C)CCC2C. The highest BCUT2D eigenvalue weighted by Crippen LogP contribution is 2.56. The van der Waals surface area contributed by atoms with Gasteiger partial charge in [-0.3, -0.25) is 9.97 Å². The van der Waals surface area contributed by atoms with Crippen molar-refractivity contribution in [1.82, 2.24) is 9.97 Å². The minimum atomic E-state index is 0.187. The maximum atomic E-state index is 5.44. The van der Waals surface area contributed by atoms with Gasteiger partial charge in [-0.15, -0.1) is 0 Å². The molecule has 3 unspecified atom stereocenters. The first kappa shape index (κ1) is 24.6. The summed E-state index contributed by atoms with van der Waals surface area (Å²) in [5.41, 5.74) is 15.7. The fourth-order valence-corrected chi connectivity index (χ4v) is 8.56. The Morgan fingerprint density at radius 2 is 1.47 bits per heavy atom. The third-order valence-corrected chi connectivity index (χ3v) is 10.4. The fourth-order valence-electron chi connectivity index (χ4n) is 8.56. The number of hydrogen-bond acceptors (Lipinski definition) is 2. The van der Waals surface area contributed by atoms with Crippen LogP contribution in [0.5, 0.6) is 0 Å². The molecule has 0 aromatic carbocycles. The molecule has 3 atom stereocenters. The van der Waals surface area contributed by atoms with Crippen LogP contribution in [0.25, 0.3) is 0 Å². The standard InChI is InChI=1S/C34H48N2/c1-19-15-16-25-28(33(4,5)6)20(2)32(36-30(19)25)26-17-23(26)18-34(7,8)29-21(3)31(22-11-9-12-22)35-27-14-10-13-24(27)29/h19,22-23,26H,9-18H2,1-8H3. The van der Waals surface area contributed by atoms with Crippen LogP contribution in [0.1, 0.15) is 160 Å². The molecule has 2 aromatic rings. The van der Waals surface area contributed by atoms with E-state index in [0.29, 0.717) is 11.8 Å². The van der Waals surface area contributed by atoms with Gasteiger partial charge in [-0.25, -0.2) is 0 Å². The molecule has 194 valence electrons. The lowest BCUT2D eigenvalue weighted by Gasteiger charge is -2.34. The van der Waals surface area contributed by atoms with Crippen molar-refractivity contribution in [2.24, 2.45) is 5.92 Å². The second kappa shape index (κ2) is 8.40. The average molecular weight is 485 g/mol. The van der Waals surface area contributed by atoms with E-state index < -0.39 is 0 Å². The molecule has 4 aliphatic rings. The lowest BCUT2D eigenvalue weighted by molar-refractivity contribution is 0.401. The highest BCUT2D eigenvalue weighted by Gasteiger charge is 2.46. The number of nitrogens with zero attached hydrogens (tertiary/aromatic N) is 2. The molecule has 0 amide bonds. The summed E-state index contributed by atoms with van der Waals surface area (Å²) in [4.78, 5) is 10.7. The van der Waals surface area contributed by atoms with E-state index in [1.54, 1.807) is 27.8 Å². The molecule has 0 saturated heterocycles. The van der Waals surface area contributed by atoms with Gasteiger partial charge in [-0.05, 0) is 128 Å². The van der Waals surface area contributed by atoms with Gasteiger partial charge in [0.15, 0.2) is 0 Å². The summed E-state index contributed by atoms with van der Waals surface area (Å²) in [6.07, 6.45) is 12.9. The minimum absolute atomic E-state index is 0.187. The average Bonchev–Trinajstić information content (AvgIpc) is 3.15. The molecule has 2 heterocycles. The van der Waals surface area contributed by atoms with Crippen LogP contribution in [0.3, 0.4) is 0 Å². The highest BCUT2D eigenvalue weighted by molar-refractivity contribution is 5.50. The number of hydrogen-bond donors (Lipinski definition) is 0. The number of aryl methyl sites for hydroxylation is 1. The van der Waals surface area contributed by atoms with E-state index in [4.69, 9.17) is 9.97 Å². The van der Waals surface area contributed by atoms with Crippen molar-refractivity contribution in [3.63, 3.8) is 0 Å². The van der Waals surface area contributed by atoms with E-state index >= 15 is 0 Å².